The Kier molecular flexibility index (Phi) is 9.09. The third-order valence-electron chi connectivity index (χ3n) is 3.89. The largest absolute Gasteiger partial charge is 0.359 e. The number of aryl methyl sites for hydroxylation is 1. The number of hydrogen-bond donors (Lipinski definition) is 2. The molecule has 0 aliphatic carbocycles. The van der Waals surface area contributed by atoms with Gasteiger partial charge in [-0.05, 0) is 19.8 Å². The predicted molar refractivity (Wildman–Crippen MR) is 105 cm³/mol. The standard InChI is InChI=1S/C16H27N5O2.HI/c1-4-12-9-14(23-20-12)10-18-16(17-6-3)19-13-7-8-21(11-13)15(22)5-2;/h9,13H,4-8,10-11H2,1-3H3,(H2,17,18,19);1H. The normalized spacial score (nSPS) is 17.5. The number of aliphatic imine (C=N–C) groups is 1. The fourth-order valence-corrected chi connectivity index (χ4v) is 2.60. The van der Waals surface area contributed by atoms with Crippen LogP contribution < -0.4 is 10.6 Å². The predicted octanol–water partition coefficient (Wildman–Crippen LogP) is 1.92. The maximum absolute atomic E-state index is 11.7. The van der Waals surface area contributed by atoms with Gasteiger partial charge in [-0.25, -0.2) is 4.99 Å². The van der Waals surface area contributed by atoms with Crippen LogP contribution in [0.15, 0.2) is 15.6 Å². The highest BCUT2D eigenvalue weighted by molar-refractivity contribution is 14.0. The number of likely N-dealkylation sites (tertiary alicyclic amines) is 1. The molecule has 2 heterocycles. The molecule has 0 radical (unpaired) electrons. The maximum atomic E-state index is 11.7. The fourth-order valence-electron chi connectivity index (χ4n) is 2.60. The van der Waals surface area contributed by atoms with Crippen molar-refractivity contribution in [1.29, 1.82) is 0 Å². The van der Waals surface area contributed by atoms with E-state index in [1.165, 1.54) is 0 Å². The number of rotatable bonds is 6. The number of carbonyl (C=O) groups excluding carboxylic acids is 1. The summed E-state index contributed by atoms with van der Waals surface area (Å²) in [6, 6.07) is 2.17. The van der Waals surface area contributed by atoms with E-state index in [1.54, 1.807) is 0 Å². The lowest BCUT2D eigenvalue weighted by Gasteiger charge is -2.18. The van der Waals surface area contributed by atoms with Crippen molar-refractivity contribution >= 4 is 35.8 Å². The molecule has 2 N–H and O–H groups in total. The van der Waals surface area contributed by atoms with Crippen LogP contribution in [0.1, 0.15) is 45.1 Å². The van der Waals surface area contributed by atoms with Gasteiger partial charge in [-0.2, -0.15) is 0 Å². The van der Waals surface area contributed by atoms with Gasteiger partial charge in [0.2, 0.25) is 5.91 Å². The van der Waals surface area contributed by atoms with E-state index in [4.69, 9.17) is 4.52 Å². The fraction of sp³-hybridized carbons (Fsp3) is 0.688. The van der Waals surface area contributed by atoms with Crippen LogP contribution in [0, 0.1) is 0 Å². The van der Waals surface area contributed by atoms with Crippen molar-refractivity contribution in [2.45, 2.75) is 52.6 Å². The minimum Gasteiger partial charge on any atom is -0.359 e. The van der Waals surface area contributed by atoms with Gasteiger partial charge in [0.15, 0.2) is 11.7 Å². The molecule has 7 nitrogen and oxygen atoms in total. The van der Waals surface area contributed by atoms with Gasteiger partial charge in [-0.3, -0.25) is 4.79 Å². The first-order valence-corrected chi connectivity index (χ1v) is 8.43. The smallest absolute Gasteiger partial charge is 0.222 e. The first kappa shape index (κ1) is 20.7. The third-order valence-corrected chi connectivity index (χ3v) is 3.89. The molecule has 1 atom stereocenters. The van der Waals surface area contributed by atoms with Gasteiger partial charge in [0, 0.05) is 38.2 Å². The van der Waals surface area contributed by atoms with Gasteiger partial charge in [0.05, 0.1) is 5.69 Å². The molecule has 1 aliphatic heterocycles. The van der Waals surface area contributed by atoms with E-state index in [0.29, 0.717) is 13.0 Å². The monoisotopic (exact) mass is 449 g/mol. The highest BCUT2D eigenvalue weighted by Crippen LogP contribution is 2.10. The van der Waals surface area contributed by atoms with Crippen molar-refractivity contribution in [2.24, 2.45) is 4.99 Å². The van der Waals surface area contributed by atoms with Crippen LogP contribution in [0.2, 0.25) is 0 Å². The Balaban J connectivity index is 0.00000288. The minimum absolute atomic E-state index is 0. The average molecular weight is 449 g/mol. The van der Waals surface area contributed by atoms with Crippen LogP contribution in [0.3, 0.4) is 0 Å². The van der Waals surface area contributed by atoms with Gasteiger partial charge in [0.1, 0.15) is 6.54 Å². The maximum Gasteiger partial charge on any atom is 0.222 e. The lowest BCUT2D eigenvalue weighted by molar-refractivity contribution is -0.129. The molecule has 24 heavy (non-hydrogen) atoms. The molecule has 1 amide bonds. The van der Waals surface area contributed by atoms with E-state index in [1.807, 2.05) is 31.7 Å². The first-order chi connectivity index (χ1) is 11.2. The molecule has 0 bridgehead atoms. The van der Waals surface area contributed by atoms with E-state index in [2.05, 4.69) is 20.8 Å². The molecule has 0 spiro atoms. The molecule has 8 heteroatoms. The molecule has 2 rings (SSSR count). The Morgan fingerprint density at radius 3 is 2.88 bits per heavy atom. The Morgan fingerprint density at radius 1 is 1.46 bits per heavy atom. The van der Waals surface area contributed by atoms with Crippen molar-refractivity contribution in [3.8, 4) is 0 Å². The second-order valence-corrected chi connectivity index (χ2v) is 5.66. The summed E-state index contributed by atoms with van der Waals surface area (Å²) in [6.45, 7) is 8.75. The zero-order chi connectivity index (χ0) is 16.7. The second kappa shape index (κ2) is 10.5. The van der Waals surface area contributed by atoms with Gasteiger partial charge < -0.3 is 20.1 Å². The summed E-state index contributed by atoms with van der Waals surface area (Å²) >= 11 is 0. The van der Waals surface area contributed by atoms with Crippen LogP contribution in [0.5, 0.6) is 0 Å². The van der Waals surface area contributed by atoms with E-state index < -0.39 is 0 Å². The molecule has 1 saturated heterocycles. The zero-order valence-electron chi connectivity index (χ0n) is 14.7. The highest BCUT2D eigenvalue weighted by Gasteiger charge is 2.25. The molecule has 1 aliphatic rings. The SMILES string of the molecule is CCNC(=NCc1cc(CC)no1)NC1CCN(C(=O)CC)C1.I. The van der Waals surface area contributed by atoms with Gasteiger partial charge in [0.25, 0.3) is 0 Å². The summed E-state index contributed by atoms with van der Waals surface area (Å²) in [7, 11) is 0. The van der Waals surface area contributed by atoms with E-state index in [-0.39, 0.29) is 35.9 Å². The van der Waals surface area contributed by atoms with Gasteiger partial charge in [-0.1, -0.05) is 19.0 Å². The summed E-state index contributed by atoms with van der Waals surface area (Å²) in [4.78, 5) is 18.2. The molecule has 136 valence electrons. The van der Waals surface area contributed by atoms with E-state index >= 15 is 0 Å². The van der Waals surface area contributed by atoms with Crippen molar-refractivity contribution in [1.82, 2.24) is 20.7 Å². The topological polar surface area (TPSA) is 82.8 Å². The summed E-state index contributed by atoms with van der Waals surface area (Å²) in [5.74, 6) is 1.72. The van der Waals surface area contributed by atoms with Crippen molar-refractivity contribution in [3.63, 3.8) is 0 Å². The Hall–Kier alpha value is -1.32. The van der Waals surface area contributed by atoms with Crippen molar-refractivity contribution in [2.75, 3.05) is 19.6 Å². The van der Waals surface area contributed by atoms with Crippen molar-refractivity contribution < 1.29 is 9.32 Å². The number of aromatic nitrogens is 1. The number of guanidine groups is 1. The molecule has 1 unspecified atom stereocenters. The number of halogens is 1. The number of nitrogens with zero attached hydrogens (tertiary/aromatic N) is 3. The quantitative estimate of drug-likeness (QED) is 0.394. The van der Waals surface area contributed by atoms with Crippen LogP contribution in [0.4, 0.5) is 0 Å². The summed E-state index contributed by atoms with van der Waals surface area (Å²) in [5.41, 5.74) is 0.942. The second-order valence-electron chi connectivity index (χ2n) is 5.66. The molecule has 1 fully saturated rings. The molecule has 1 aromatic heterocycles. The lowest BCUT2D eigenvalue weighted by atomic mass is 10.3. The molecule has 1 aromatic rings. The Labute approximate surface area is 160 Å². The lowest BCUT2D eigenvalue weighted by Crippen LogP contribution is -2.45. The zero-order valence-corrected chi connectivity index (χ0v) is 17.0. The number of nitrogens with one attached hydrogen (secondary N) is 2. The summed E-state index contributed by atoms with van der Waals surface area (Å²) in [5, 5.41) is 10.6. The average Bonchev–Trinajstić information content (AvgIpc) is 3.21. The van der Waals surface area contributed by atoms with Crippen LogP contribution in [-0.2, 0) is 17.8 Å². The Bertz CT molecular complexity index is 546. The van der Waals surface area contributed by atoms with Crippen LogP contribution >= 0.6 is 24.0 Å². The number of carbonyl (C=O) groups is 1. The highest BCUT2D eigenvalue weighted by atomic mass is 127. The first-order valence-electron chi connectivity index (χ1n) is 8.43. The number of hydrogen-bond acceptors (Lipinski definition) is 4. The Morgan fingerprint density at radius 2 is 2.25 bits per heavy atom. The third kappa shape index (κ3) is 5.95. The van der Waals surface area contributed by atoms with Crippen molar-refractivity contribution in [3.05, 3.63) is 17.5 Å². The molecular weight excluding hydrogens is 421 g/mol. The number of amides is 1. The molecule has 0 aromatic carbocycles. The van der Waals surface area contributed by atoms with Crippen LogP contribution in [0.25, 0.3) is 0 Å². The minimum atomic E-state index is 0. The van der Waals surface area contributed by atoms with Gasteiger partial charge in [-0.15, -0.1) is 24.0 Å². The summed E-state index contributed by atoms with van der Waals surface area (Å²) in [6.07, 6.45) is 2.36. The summed E-state index contributed by atoms with van der Waals surface area (Å²) < 4.78 is 5.25. The van der Waals surface area contributed by atoms with Crippen LogP contribution in [-0.4, -0.2) is 47.6 Å². The molecule has 0 saturated carbocycles. The van der Waals surface area contributed by atoms with E-state index in [9.17, 15) is 4.79 Å². The molecular formula is C16H28IN5O2. The van der Waals surface area contributed by atoms with Gasteiger partial charge >= 0.3 is 0 Å². The van der Waals surface area contributed by atoms with E-state index in [0.717, 1.165) is 49.9 Å².